The van der Waals surface area contributed by atoms with E-state index in [2.05, 4.69) is 15.9 Å². The molecule has 0 bridgehead atoms. The SMILES string of the molecule is CCC(O)c1c(Cl)cc(Cl)cc1Br. The molecule has 0 saturated carbocycles. The van der Waals surface area contributed by atoms with Gasteiger partial charge in [0.2, 0.25) is 0 Å². The van der Waals surface area contributed by atoms with Crippen LogP contribution in [0.5, 0.6) is 0 Å². The second-order valence-electron chi connectivity index (χ2n) is 2.71. The maximum absolute atomic E-state index is 9.62. The highest BCUT2D eigenvalue weighted by atomic mass is 79.9. The van der Waals surface area contributed by atoms with Gasteiger partial charge in [0.15, 0.2) is 0 Å². The summed E-state index contributed by atoms with van der Waals surface area (Å²) in [6.45, 7) is 1.89. The number of halogens is 3. The zero-order valence-corrected chi connectivity index (χ0v) is 10.1. The van der Waals surface area contributed by atoms with Gasteiger partial charge in [-0.1, -0.05) is 46.1 Å². The molecule has 0 radical (unpaired) electrons. The lowest BCUT2D eigenvalue weighted by Gasteiger charge is -2.12. The molecule has 0 saturated heterocycles. The van der Waals surface area contributed by atoms with Crippen molar-refractivity contribution in [1.29, 1.82) is 0 Å². The Morgan fingerprint density at radius 2 is 2.08 bits per heavy atom. The van der Waals surface area contributed by atoms with Crippen molar-refractivity contribution in [1.82, 2.24) is 0 Å². The number of hydrogen-bond acceptors (Lipinski definition) is 1. The van der Waals surface area contributed by atoms with Crippen molar-refractivity contribution in [2.24, 2.45) is 0 Å². The lowest BCUT2D eigenvalue weighted by atomic mass is 10.1. The third-order valence-corrected chi connectivity index (χ3v) is 2.95. The fourth-order valence-corrected chi connectivity index (χ4v) is 2.67. The van der Waals surface area contributed by atoms with E-state index < -0.39 is 6.10 Å². The lowest BCUT2D eigenvalue weighted by molar-refractivity contribution is 0.173. The van der Waals surface area contributed by atoms with Crippen LogP contribution in [-0.2, 0) is 0 Å². The van der Waals surface area contributed by atoms with Gasteiger partial charge in [0.1, 0.15) is 0 Å². The predicted molar refractivity (Wildman–Crippen MR) is 59.4 cm³/mol. The van der Waals surface area contributed by atoms with E-state index in [0.717, 1.165) is 4.47 Å². The monoisotopic (exact) mass is 282 g/mol. The molecule has 0 spiro atoms. The molecule has 1 rings (SSSR count). The Labute approximate surface area is 95.8 Å². The molecule has 1 aromatic rings. The van der Waals surface area contributed by atoms with E-state index in [0.29, 0.717) is 22.0 Å². The largest absolute Gasteiger partial charge is 0.388 e. The van der Waals surface area contributed by atoms with Crippen LogP contribution in [0.25, 0.3) is 0 Å². The summed E-state index contributed by atoms with van der Waals surface area (Å²) in [5, 5.41) is 10.7. The molecule has 1 nitrogen and oxygen atoms in total. The van der Waals surface area contributed by atoms with Crippen LogP contribution in [0.2, 0.25) is 10.0 Å². The van der Waals surface area contributed by atoms with Gasteiger partial charge in [0.25, 0.3) is 0 Å². The molecule has 0 aliphatic heterocycles. The summed E-state index contributed by atoms with van der Waals surface area (Å²) in [7, 11) is 0. The molecule has 0 heterocycles. The first-order valence-electron chi connectivity index (χ1n) is 3.88. The van der Waals surface area contributed by atoms with E-state index >= 15 is 0 Å². The van der Waals surface area contributed by atoms with E-state index in [-0.39, 0.29) is 0 Å². The standard InChI is InChI=1S/C9H9BrCl2O/c1-2-8(13)9-6(10)3-5(11)4-7(9)12/h3-4,8,13H,2H2,1H3. The van der Waals surface area contributed by atoms with Crippen molar-refractivity contribution in [3.8, 4) is 0 Å². The minimum Gasteiger partial charge on any atom is -0.388 e. The van der Waals surface area contributed by atoms with Gasteiger partial charge >= 0.3 is 0 Å². The smallest absolute Gasteiger partial charge is 0.0812 e. The average molecular weight is 284 g/mol. The maximum Gasteiger partial charge on any atom is 0.0812 e. The van der Waals surface area contributed by atoms with Gasteiger partial charge in [-0.3, -0.25) is 0 Å². The number of aliphatic hydroxyl groups excluding tert-OH is 1. The third kappa shape index (κ3) is 2.59. The van der Waals surface area contributed by atoms with E-state index in [9.17, 15) is 5.11 Å². The Bertz CT molecular complexity index is 291. The molecule has 0 aliphatic carbocycles. The third-order valence-electron chi connectivity index (χ3n) is 1.76. The highest BCUT2D eigenvalue weighted by Crippen LogP contribution is 2.34. The van der Waals surface area contributed by atoms with Crippen LogP contribution in [0.1, 0.15) is 25.0 Å². The van der Waals surface area contributed by atoms with Crippen LogP contribution in [-0.4, -0.2) is 5.11 Å². The molecule has 1 N–H and O–H groups in total. The Morgan fingerprint density at radius 1 is 1.46 bits per heavy atom. The van der Waals surface area contributed by atoms with Gasteiger partial charge in [-0.15, -0.1) is 0 Å². The van der Waals surface area contributed by atoms with Crippen molar-refractivity contribution in [2.75, 3.05) is 0 Å². The van der Waals surface area contributed by atoms with Gasteiger partial charge in [-0.05, 0) is 18.6 Å². The molecule has 1 aromatic carbocycles. The predicted octanol–water partition coefficient (Wildman–Crippen LogP) is 4.20. The summed E-state index contributed by atoms with van der Waals surface area (Å²) in [5.74, 6) is 0. The van der Waals surface area contributed by atoms with Crippen LogP contribution in [0, 0.1) is 0 Å². The summed E-state index contributed by atoms with van der Waals surface area (Å²) < 4.78 is 0.749. The minimum atomic E-state index is -0.542. The van der Waals surface area contributed by atoms with Crippen LogP contribution < -0.4 is 0 Å². The highest BCUT2D eigenvalue weighted by molar-refractivity contribution is 9.10. The van der Waals surface area contributed by atoms with E-state index in [1.54, 1.807) is 12.1 Å². The fourth-order valence-electron chi connectivity index (χ4n) is 1.08. The van der Waals surface area contributed by atoms with Crippen LogP contribution in [0.15, 0.2) is 16.6 Å². The van der Waals surface area contributed by atoms with Crippen LogP contribution in [0.4, 0.5) is 0 Å². The van der Waals surface area contributed by atoms with E-state index in [1.165, 1.54) is 0 Å². The molecule has 4 heteroatoms. The van der Waals surface area contributed by atoms with E-state index in [1.807, 2.05) is 6.92 Å². The first-order chi connectivity index (χ1) is 6.06. The normalized spacial score (nSPS) is 13.0. The molecular formula is C9H9BrCl2O. The Hall–Kier alpha value is 0.240. The van der Waals surface area contributed by atoms with Gasteiger partial charge in [0.05, 0.1) is 6.10 Å². The molecular weight excluding hydrogens is 275 g/mol. The molecule has 0 aliphatic rings. The summed E-state index contributed by atoms with van der Waals surface area (Å²) in [4.78, 5) is 0. The van der Waals surface area contributed by atoms with Crippen molar-refractivity contribution >= 4 is 39.1 Å². The first-order valence-corrected chi connectivity index (χ1v) is 5.43. The number of aliphatic hydroxyl groups is 1. The van der Waals surface area contributed by atoms with Crippen molar-refractivity contribution in [3.63, 3.8) is 0 Å². The van der Waals surface area contributed by atoms with Crippen molar-refractivity contribution in [3.05, 3.63) is 32.2 Å². The highest BCUT2D eigenvalue weighted by Gasteiger charge is 2.14. The van der Waals surface area contributed by atoms with Crippen LogP contribution >= 0.6 is 39.1 Å². The number of hydrogen-bond donors (Lipinski definition) is 1. The zero-order valence-electron chi connectivity index (χ0n) is 7.02. The van der Waals surface area contributed by atoms with Crippen molar-refractivity contribution < 1.29 is 5.11 Å². The average Bonchev–Trinajstić information content (AvgIpc) is 2.02. The topological polar surface area (TPSA) is 20.2 Å². The Kier molecular flexibility index (Phi) is 4.05. The molecule has 13 heavy (non-hydrogen) atoms. The molecule has 0 fully saturated rings. The number of benzene rings is 1. The fraction of sp³-hybridized carbons (Fsp3) is 0.333. The number of rotatable bonds is 2. The van der Waals surface area contributed by atoms with Gasteiger partial charge < -0.3 is 5.11 Å². The second-order valence-corrected chi connectivity index (χ2v) is 4.41. The molecule has 72 valence electrons. The lowest BCUT2D eigenvalue weighted by Crippen LogP contribution is -1.97. The molecule has 0 amide bonds. The van der Waals surface area contributed by atoms with Gasteiger partial charge in [-0.2, -0.15) is 0 Å². The van der Waals surface area contributed by atoms with Crippen molar-refractivity contribution in [2.45, 2.75) is 19.4 Å². The Balaban J connectivity index is 3.20. The van der Waals surface area contributed by atoms with Gasteiger partial charge in [0, 0.05) is 20.1 Å². The summed E-state index contributed by atoms with van der Waals surface area (Å²) in [6, 6.07) is 3.35. The van der Waals surface area contributed by atoms with Crippen LogP contribution in [0.3, 0.4) is 0 Å². The molecule has 1 unspecified atom stereocenters. The summed E-state index contributed by atoms with van der Waals surface area (Å²) in [5.41, 5.74) is 0.702. The summed E-state index contributed by atoms with van der Waals surface area (Å²) >= 11 is 15.0. The maximum atomic E-state index is 9.62. The first kappa shape index (κ1) is 11.3. The van der Waals surface area contributed by atoms with E-state index in [4.69, 9.17) is 23.2 Å². The quantitative estimate of drug-likeness (QED) is 0.862. The second kappa shape index (κ2) is 4.65. The molecule has 1 atom stereocenters. The minimum absolute atomic E-state index is 0.494. The molecule has 0 aromatic heterocycles. The zero-order chi connectivity index (χ0) is 10.0. The Morgan fingerprint density at radius 3 is 2.54 bits per heavy atom. The summed E-state index contributed by atoms with van der Waals surface area (Å²) in [6.07, 6.45) is 0.0825. The van der Waals surface area contributed by atoms with Gasteiger partial charge in [-0.25, -0.2) is 0 Å².